The maximum absolute atomic E-state index is 4.12. The standard InChI is InChI=1S/C11H23N/c1-8(2)11(9(3)4)10(5)12(6)7/h8-9,11H,5H2,1-4,6-7H3. The number of rotatable bonds is 4. The third-order valence-electron chi connectivity index (χ3n) is 2.40. The molecule has 0 spiro atoms. The van der Waals surface area contributed by atoms with Crippen LogP contribution in [0.4, 0.5) is 0 Å². The minimum Gasteiger partial charge on any atom is -0.381 e. The lowest BCUT2D eigenvalue weighted by atomic mass is 9.83. The van der Waals surface area contributed by atoms with Crippen molar-refractivity contribution in [2.24, 2.45) is 17.8 Å². The minimum atomic E-state index is 0.611. The van der Waals surface area contributed by atoms with Crippen LogP contribution >= 0.6 is 0 Å². The Morgan fingerprint density at radius 3 is 1.42 bits per heavy atom. The highest BCUT2D eigenvalue weighted by Gasteiger charge is 2.21. The predicted molar refractivity (Wildman–Crippen MR) is 56.0 cm³/mol. The molecule has 0 unspecified atom stereocenters. The highest BCUT2D eigenvalue weighted by molar-refractivity contribution is 5.00. The SMILES string of the molecule is C=C(C(C(C)C)C(C)C)N(C)C. The molecule has 0 rings (SSSR count). The molecule has 0 aromatic rings. The summed E-state index contributed by atoms with van der Waals surface area (Å²) in [5, 5.41) is 0. The molecule has 0 saturated carbocycles. The fourth-order valence-corrected chi connectivity index (χ4v) is 1.84. The first-order chi connectivity index (χ1) is 5.37. The lowest BCUT2D eigenvalue weighted by Crippen LogP contribution is -2.26. The van der Waals surface area contributed by atoms with E-state index in [2.05, 4.69) is 53.3 Å². The van der Waals surface area contributed by atoms with Crippen LogP contribution in [0.3, 0.4) is 0 Å². The van der Waals surface area contributed by atoms with Gasteiger partial charge in [-0.3, -0.25) is 0 Å². The zero-order valence-electron chi connectivity index (χ0n) is 9.39. The molecule has 0 atom stereocenters. The Kier molecular flexibility index (Phi) is 4.36. The zero-order chi connectivity index (χ0) is 9.89. The molecule has 0 heterocycles. The number of hydrogen-bond acceptors (Lipinski definition) is 1. The highest BCUT2D eigenvalue weighted by Crippen LogP contribution is 2.27. The van der Waals surface area contributed by atoms with Gasteiger partial charge in [0.1, 0.15) is 0 Å². The molecule has 0 bridgehead atoms. The molecule has 0 aliphatic carbocycles. The van der Waals surface area contributed by atoms with Crippen molar-refractivity contribution in [2.75, 3.05) is 14.1 Å². The van der Waals surface area contributed by atoms with Gasteiger partial charge in [-0.2, -0.15) is 0 Å². The quantitative estimate of drug-likeness (QED) is 0.625. The molecule has 0 aromatic carbocycles. The smallest absolute Gasteiger partial charge is 0.00911 e. The van der Waals surface area contributed by atoms with Crippen molar-refractivity contribution in [2.45, 2.75) is 27.7 Å². The first kappa shape index (κ1) is 11.5. The molecule has 1 nitrogen and oxygen atoms in total. The van der Waals surface area contributed by atoms with E-state index in [-0.39, 0.29) is 0 Å². The van der Waals surface area contributed by atoms with Gasteiger partial charge in [0, 0.05) is 25.7 Å². The van der Waals surface area contributed by atoms with Crippen LogP contribution in [0, 0.1) is 17.8 Å². The lowest BCUT2D eigenvalue weighted by molar-refractivity contribution is 0.277. The van der Waals surface area contributed by atoms with Gasteiger partial charge in [0.2, 0.25) is 0 Å². The Labute approximate surface area is 77.5 Å². The van der Waals surface area contributed by atoms with Crippen LogP contribution in [0.5, 0.6) is 0 Å². The van der Waals surface area contributed by atoms with E-state index in [9.17, 15) is 0 Å². The van der Waals surface area contributed by atoms with Gasteiger partial charge in [-0.25, -0.2) is 0 Å². The van der Waals surface area contributed by atoms with Gasteiger partial charge in [-0.05, 0) is 11.8 Å². The first-order valence-corrected chi connectivity index (χ1v) is 4.74. The van der Waals surface area contributed by atoms with Crippen molar-refractivity contribution in [3.63, 3.8) is 0 Å². The molecule has 0 amide bonds. The molecule has 0 N–H and O–H groups in total. The molecule has 1 heteroatoms. The molecular formula is C11H23N. The number of hydrogen-bond donors (Lipinski definition) is 0. The summed E-state index contributed by atoms with van der Waals surface area (Å²) in [6.45, 7) is 13.2. The van der Waals surface area contributed by atoms with E-state index in [0.29, 0.717) is 17.8 Å². The molecule has 12 heavy (non-hydrogen) atoms. The summed E-state index contributed by atoms with van der Waals surface area (Å²) in [6, 6.07) is 0. The minimum absolute atomic E-state index is 0.611. The lowest BCUT2D eigenvalue weighted by Gasteiger charge is -2.31. The van der Waals surface area contributed by atoms with E-state index in [4.69, 9.17) is 0 Å². The van der Waals surface area contributed by atoms with Gasteiger partial charge in [-0.15, -0.1) is 0 Å². The van der Waals surface area contributed by atoms with Crippen LogP contribution in [0.1, 0.15) is 27.7 Å². The summed E-state index contributed by atoms with van der Waals surface area (Å²) in [5.74, 6) is 1.97. The molecule has 72 valence electrons. The second-order valence-electron chi connectivity index (χ2n) is 4.40. The van der Waals surface area contributed by atoms with Gasteiger partial charge in [0.25, 0.3) is 0 Å². The van der Waals surface area contributed by atoms with Crippen molar-refractivity contribution >= 4 is 0 Å². The molecular weight excluding hydrogens is 146 g/mol. The van der Waals surface area contributed by atoms with Crippen LogP contribution in [-0.2, 0) is 0 Å². The first-order valence-electron chi connectivity index (χ1n) is 4.74. The highest BCUT2D eigenvalue weighted by atomic mass is 15.1. The Balaban J connectivity index is 4.41. The van der Waals surface area contributed by atoms with Gasteiger partial charge >= 0.3 is 0 Å². The second kappa shape index (κ2) is 4.54. The molecule has 0 fully saturated rings. The monoisotopic (exact) mass is 169 g/mol. The van der Waals surface area contributed by atoms with Crippen molar-refractivity contribution < 1.29 is 0 Å². The topological polar surface area (TPSA) is 3.24 Å². The van der Waals surface area contributed by atoms with Crippen molar-refractivity contribution in [3.8, 4) is 0 Å². The summed E-state index contributed by atoms with van der Waals surface area (Å²) < 4.78 is 0. The predicted octanol–water partition coefficient (Wildman–Crippen LogP) is 2.99. The van der Waals surface area contributed by atoms with Crippen LogP contribution in [0.2, 0.25) is 0 Å². The second-order valence-corrected chi connectivity index (χ2v) is 4.40. The molecule has 0 aliphatic heterocycles. The van der Waals surface area contributed by atoms with Gasteiger partial charge < -0.3 is 4.90 Å². The van der Waals surface area contributed by atoms with E-state index in [0.717, 1.165) is 0 Å². The molecule has 0 aliphatic rings. The number of allylic oxidation sites excluding steroid dienone is 1. The van der Waals surface area contributed by atoms with E-state index >= 15 is 0 Å². The third kappa shape index (κ3) is 2.88. The Morgan fingerprint density at radius 2 is 1.33 bits per heavy atom. The van der Waals surface area contributed by atoms with E-state index in [1.165, 1.54) is 5.70 Å². The van der Waals surface area contributed by atoms with E-state index < -0.39 is 0 Å². The Hall–Kier alpha value is -0.460. The fourth-order valence-electron chi connectivity index (χ4n) is 1.84. The summed E-state index contributed by atoms with van der Waals surface area (Å²) in [6.07, 6.45) is 0. The van der Waals surface area contributed by atoms with Gasteiger partial charge in [-0.1, -0.05) is 34.3 Å². The van der Waals surface area contributed by atoms with Crippen LogP contribution in [0.25, 0.3) is 0 Å². The summed E-state index contributed by atoms with van der Waals surface area (Å²) >= 11 is 0. The van der Waals surface area contributed by atoms with Crippen molar-refractivity contribution in [1.82, 2.24) is 4.90 Å². The Morgan fingerprint density at radius 1 is 1.00 bits per heavy atom. The average Bonchev–Trinajstić information content (AvgIpc) is 1.85. The molecule has 0 radical (unpaired) electrons. The fraction of sp³-hybridized carbons (Fsp3) is 0.818. The largest absolute Gasteiger partial charge is 0.381 e. The average molecular weight is 169 g/mol. The number of nitrogens with zero attached hydrogens (tertiary/aromatic N) is 1. The summed E-state index contributed by atoms with van der Waals surface area (Å²) in [5.41, 5.74) is 1.25. The summed E-state index contributed by atoms with van der Waals surface area (Å²) in [7, 11) is 4.14. The third-order valence-corrected chi connectivity index (χ3v) is 2.40. The van der Waals surface area contributed by atoms with Crippen LogP contribution < -0.4 is 0 Å². The zero-order valence-corrected chi connectivity index (χ0v) is 9.39. The van der Waals surface area contributed by atoms with Gasteiger partial charge in [0.05, 0.1) is 0 Å². The maximum Gasteiger partial charge on any atom is 0.00911 e. The van der Waals surface area contributed by atoms with Gasteiger partial charge in [0.15, 0.2) is 0 Å². The maximum atomic E-state index is 4.12. The van der Waals surface area contributed by atoms with E-state index in [1.807, 2.05) is 0 Å². The van der Waals surface area contributed by atoms with E-state index in [1.54, 1.807) is 0 Å². The summed E-state index contributed by atoms with van der Waals surface area (Å²) in [4.78, 5) is 2.13. The molecule has 0 aromatic heterocycles. The normalized spacial score (nSPS) is 11.4. The van der Waals surface area contributed by atoms with Crippen molar-refractivity contribution in [3.05, 3.63) is 12.3 Å². The van der Waals surface area contributed by atoms with Crippen LogP contribution in [0.15, 0.2) is 12.3 Å². The van der Waals surface area contributed by atoms with Crippen molar-refractivity contribution in [1.29, 1.82) is 0 Å². The van der Waals surface area contributed by atoms with Crippen LogP contribution in [-0.4, -0.2) is 19.0 Å². The molecule has 0 saturated heterocycles. The Bertz CT molecular complexity index is 137.